The molecule has 0 saturated carbocycles. The number of rotatable bonds is 4. The Labute approximate surface area is 133 Å². The topological polar surface area (TPSA) is 73.7 Å². The number of Topliss-reactive ketones (excluding diaryl/α,β-unsaturated/α-hetero) is 2. The van der Waals surface area contributed by atoms with Crippen molar-refractivity contribution in [3.63, 3.8) is 0 Å². The summed E-state index contributed by atoms with van der Waals surface area (Å²) in [4.78, 5) is 28.5. The molecule has 1 unspecified atom stereocenters. The maximum Gasteiger partial charge on any atom is 0.190 e. The quantitative estimate of drug-likeness (QED) is 0.590. The molecule has 112 valence electrons. The number of fused-ring (bicyclic) bond motifs is 1. The predicted molar refractivity (Wildman–Crippen MR) is 87.2 cm³/mol. The van der Waals surface area contributed by atoms with Crippen LogP contribution in [-0.4, -0.2) is 16.6 Å². The van der Waals surface area contributed by atoms with Crippen LogP contribution in [0.3, 0.4) is 0 Å². The van der Waals surface area contributed by atoms with Gasteiger partial charge in [0.2, 0.25) is 0 Å². The van der Waals surface area contributed by atoms with Gasteiger partial charge in [-0.3, -0.25) is 9.59 Å². The van der Waals surface area contributed by atoms with Crippen molar-refractivity contribution in [2.75, 3.05) is 0 Å². The van der Waals surface area contributed by atoms with Gasteiger partial charge >= 0.3 is 0 Å². The van der Waals surface area contributed by atoms with Crippen molar-refractivity contribution >= 4 is 22.5 Å². The van der Waals surface area contributed by atoms with Crippen molar-refractivity contribution in [1.82, 2.24) is 4.98 Å². The number of aromatic nitrogens is 1. The summed E-state index contributed by atoms with van der Waals surface area (Å²) in [6, 6.07) is 17.7. The summed E-state index contributed by atoms with van der Waals surface area (Å²) < 4.78 is 0. The molecule has 0 aliphatic carbocycles. The van der Waals surface area contributed by atoms with E-state index in [0.29, 0.717) is 16.8 Å². The van der Waals surface area contributed by atoms with E-state index in [1.165, 1.54) is 0 Å². The lowest BCUT2D eigenvalue weighted by atomic mass is 9.90. The Morgan fingerprint density at radius 2 is 1.65 bits per heavy atom. The van der Waals surface area contributed by atoms with Gasteiger partial charge in [-0.15, -0.1) is 0 Å². The first kappa shape index (κ1) is 14.7. The average Bonchev–Trinajstić information content (AvgIpc) is 2.91. The Morgan fingerprint density at radius 3 is 2.35 bits per heavy atom. The van der Waals surface area contributed by atoms with Gasteiger partial charge in [-0.05, 0) is 13.0 Å². The molecule has 23 heavy (non-hydrogen) atoms. The Hall–Kier alpha value is -3.19. The van der Waals surface area contributed by atoms with E-state index in [1.54, 1.807) is 37.3 Å². The van der Waals surface area contributed by atoms with Gasteiger partial charge in [0.1, 0.15) is 0 Å². The highest BCUT2D eigenvalue weighted by atomic mass is 16.2. The molecule has 3 aromatic rings. The summed E-state index contributed by atoms with van der Waals surface area (Å²) in [5, 5.41) is 10.1. The van der Waals surface area contributed by atoms with Crippen LogP contribution in [0.2, 0.25) is 0 Å². The molecule has 0 radical (unpaired) electrons. The van der Waals surface area contributed by atoms with Crippen LogP contribution in [0.25, 0.3) is 10.9 Å². The Bertz CT molecular complexity index is 933. The van der Waals surface area contributed by atoms with Gasteiger partial charge in [0, 0.05) is 27.7 Å². The van der Waals surface area contributed by atoms with Crippen molar-refractivity contribution < 1.29 is 9.59 Å². The number of nitriles is 1. The summed E-state index contributed by atoms with van der Waals surface area (Å²) >= 11 is 0. The van der Waals surface area contributed by atoms with Crippen LogP contribution in [0.15, 0.2) is 54.6 Å². The van der Waals surface area contributed by atoms with E-state index in [0.717, 1.165) is 10.9 Å². The Kier molecular flexibility index (Phi) is 3.78. The van der Waals surface area contributed by atoms with Crippen LogP contribution in [0.4, 0.5) is 0 Å². The second kappa shape index (κ2) is 5.90. The minimum absolute atomic E-state index is 0.366. The number of benzene rings is 2. The number of hydrogen-bond acceptors (Lipinski definition) is 3. The molecule has 0 aliphatic heterocycles. The molecule has 0 aliphatic rings. The van der Waals surface area contributed by atoms with E-state index < -0.39 is 17.5 Å². The van der Waals surface area contributed by atoms with Gasteiger partial charge in [0.15, 0.2) is 17.5 Å². The van der Waals surface area contributed by atoms with Gasteiger partial charge in [0.25, 0.3) is 0 Å². The maximum atomic E-state index is 12.8. The van der Waals surface area contributed by atoms with Gasteiger partial charge in [-0.1, -0.05) is 48.5 Å². The van der Waals surface area contributed by atoms with Gasteiger partial charge in [-0.2, -0.15) is 5.26 Å². The minimum atomic E-state index is -1.34. The third kappa shape index (κ3) is 2.53. The fraction of sp³-hybridized carbons (Fsp3) is 0.105. The molecule has 0 bridgehead atoms. The second-order valence-corrected chi connectivity index (χ2v) is 5.33. The lowest BCUT2D eigenvalue weighted by molar-refractivity contribution is 0.0846. The van der Waals surface area contributed by atoms with Gasteiger partial charge in [0.05, 0.1) is 6.07 Å². The smallest absolute Gasteiger partial charge is 0.190 e. The number of carbonyl (C=O) groups is 2. The molecule has 3 rings (SSSR count). The van der Waals surface area contributed by atoms with Crippen LogP contribution in [0.1, 0.15) is 26.4 Å². The van der Waals surface area contributed by atoms with E-state index in [4.69, 9.17) is 0 Å². The molecule has 4 heteroatoms. The molecule has 1 heterocycles. The number of nitrogens with zero attached hydrogens (tertiary/aromatic N) is 1. The molecular weight excluding hydrogens is 288 g/mol. The zero-order chi connectivity index (χ0) is 16.4. The van der Waals surface area contributed by atoms with E-state index >= 15 is 0 Å². The first-order valence-corrected chi connectivity index (χ1v) is 7.24. The van der Waals surface area contributed by atoms with Crippen LogP contribution < -0.4 is 0 Å². The maximum absolute atomic E-state index is 12.8. The average molecular weight is 302 g/mol. The van der Waals surface area contributed by atoms with Gasteiger partial charge in [-0.25, -0.2) is 0 Å². The van der Waals surface area contributed by atoms with Crippen molar-refractivity contribution in [3.05, 3.63) is 71.4 Å². The molecule has 1 N–H and O–H groups in total. The van der Waals surface area contributed by atoms with Crippen LogP contribution in [0, 0.1) is 24.2 Å². The number of hydrogen-bond donors (Lipinski definition) is 1. The monoisotopic (exact) mass is 302 g/mol. The molecule has 2 aromatic carbocycles. The number of H-pyrrole nitrogens is 1. The highest BCUT2D eigenvalue weighted by molar-refractivity contribution is 6.22. The standard InChI is InChI=1S/C19H14N2O2/c1-12-17(14-9-5-6-10-16(14)21-12)19(23)15(11-20)18(22)13-7-3-2-4-8-13/h2-10,15,21H,1H3. The number of ketones is 2. The lowest BCUT2D eigenvalue weighted by Gasteiger charge is -2.08. The number of para-hydroxylation sites is 1. The van der Waals surface area contributed by atoms with E-state index in [-0.39, 0.29) is 0 Å². The van der Waals surface area contributed by atoms with Crippen molar-refractivity contribution in [3.8, 4) is 6.07 Å². The molecule has 1 aromatic heterocycles. The third-order valence-electron chi connectivity index (χ3n) is 3.85. The van der Waals surface area contributed by atoms with E-state index in [9.17, 15) is 14.9 Å². The lowest BCUT2D eigenvalue weighted by Crippen LogP contribution is -2.23. The van der Waals surface area contributed by atoms with Crippen molar-refractivity contribution in [1.29, 1.82) is 5.26 Å². The summed E-state index contributed by atoms with van der Waals surface area (Å²) in [5.74, 6) is -2.27. The van der Waals surface area contributed by atoms with E-state index in [2.05, 4.69) is 4.98 Å². The highest BCUT2D eigenvalue weighted by Gasteiger charge is 2.31. The molecule has 0 spiro atoms. The second-order valence-electron chi connectivity index (χ2n) is 5.33. The Balaban J connectivity index is 2.05. The van der Waals surface area contributed by atoms with E-state index in [1.807, 2.05) is 30.3 Å². The Morgan fingerprint density at radius 1 is 1.00 bits per heavy atom. The molecule has 0 fully saturated rings. The van der Waals surface area contributed by atoms with Crippen LogP contribution in [-0.2, 0) is 0 Å². The summed E-state index contributed by atoms with van der Waals surface area (Å²) in [5.41, 5.74) is 2.26. The van der Waals surface area contributed by atoms with Crippen LogP contribution in [0.5, 0.6) is 0 Å². The summed E-state index contributed by atoms with van der Waals surface area (Å²) in [6.45, 7) is 1.77. The largest absolute Gasteiger partial charge is 0.358 e. The molecule has 1 atom stereocenters. The number of carbonyl (C=O) groups excluding carboxylic acids is 2. The zero-order valence-corrected chi connectivity index (χ0v) is 12.5. The van der Waals surface area contributed by atoms with Gasteiger partial charge < -0.3 is 4.98 Å². The number of aromatic amines is 1. The molecular formula is C19H14N2O2. The fourth-order valence-corrected chi connectivity index (χ4v) is 2.74. The minimum Gasteiger partial charge on any atom is -0.358 e. The SMILES string of the molecule is Cc1[nH]c2ccccc2c1C(=O)C(C#N)C(=O)c1ccccc1. The van der Waals surface area contributed by atoms with Crippen molar-refractivity contribution in [2.24, 2.45) is 5.92 Å². The molecule has 0 saturated heterocycles. The zero-order valence-electron chi connectivity index (χ0n) is 12.5. The fourth-order valence-electron chi connectivity index (χ4n) is 2.74. The highest BCUT2D eigenvalue weighted by Crippen LogP contribution is 2.25. The third-order valence-corrected chi connectivity index (χ3v) is 3.85. The summed E-state index contributed by atoms with van der Waals surface area (Å²) in [6.07, 6.45) is 0. The normalized spacial score (nSPS) is 11.8. The van der Waals surface area contributed by atoms with Crippen LogP contribution >= 0.6 is 0 Å². The number of aryl methyl sites for hydroxylation is 1. The first-order valence-electron chi connectivity index (χ1n) is 7.24. The van der Waals surface area contributed by atoms with Crippen molar-refractivity contribution in [2.45, 2.75) is 6.92 Å². The predicted octanol–water partition coefficient (Wildman–Crippen LogP) is 3.68. The first-order chi connectivity index (χ1) is 11.1. The molecule has 0 amide bonds. The summed E-state index contributed by atoms with van der Waals surface area (Å²) in [7, 11) is 0. The number of nitrogens with one attached hydrogen (secondary N) is 1. The molecule has 4 nitrogen and oxygen atoms in total.